The first-order valence-corrected chi connectivity index (χ1v) is 9.37. The molecule has 0 spiro atoms. The molecule has 0 amide bonds. The number of rotatable bonds is 8. The van der Waals surface area contributed by atoms with Crippen molar-refractivity contribution in [2.45, 2.75) is 35.6 Å². The molecule has 0 heterocycles. The fourth-order valence-electron chi connectivity index (χ4n) is 1.83. The summed E-state index contributed by atoms with van der Waals surface area (Å²) < 4.78 is 54.6. The highest BCUT2D eigenvalue weighted by atomic mass is 32.2. The lowest BCUT2D eigenvalue weighted by molar-refractivity contribution is 0.171. The zero-order valence-electron chi connectivity index (χ0n) is 11.9. The van der Waals surface area contributed by atoms with Gasteiger partial charge >= 0.3 is 0 Å². The normalized spacial score (nSPS) is 14.0. The van der Waals surface area contributed by atoms with E-state index >= 15 is 0 Å². The number of sulfonamides is 2. The molecule has 0 aliphatic heterocycles. The van der Waals surface area contributed by atoms with Gasteiger partial charge in [-0.2, -0.15) is 0 Å². The van der Waals surface area contributed by atoms with Crippen molar-refractivity contribution in [2.24, 2.45) is 5.14 Å². The topological polar surface area (TPSA) is 116 Å². The van der Waals surface area contributed by atoms with Gasteiger partial charge in [0.1, 0.15) is 0 Å². The second-order valence-electron chi connectivity index (χ2n) is 4.58. The zero-order chi connectivity index (χ0) is 16.1. The number of ether oxygens (including phenoxy) is 1. The van der Waals surface area contributed by atoms with Gasteiger partial charge in [-0.15, -0.1) is 0 Å². The average molecular weight is 336 g/mol. The van der Waals surface area contributed by atoms with Crippen LogP contribution in [-0.4, -0.2) is 36.6 Å². The summed E-state index contributed by atoms with van der Waals surface area (Å²) in [6.45, 7) is 2.17. The van der Waals surface area contributed by atoms with Crippen LogP contribution in [0, 0.1) is 0 Å². The number of hydrogen-bond donors (Lipinski definition) is 2. The molecule has 1 unspecified atom stereocenters. The minimum Gasteiger partial charge on any atom is -0.383 e. The van der Waals surface area contributed by atoms with Crippen LogP contribution >= 0.6 is 0 Å². The van der Waals surface area contributed by atoms with Crippen LogP contribution in [0.3, 0.4) is 0 Å². The van der Waals surface area contributed by atoms with Crippen LogP contribution < -0.4 is 9.86 Å². The summed E-state index contributed by atoms with van der Waals surface area (Å²) in [6, 6.07) is 4.55. The number of hydrogen-bond acceptors (Lipinski definition) is 5. The van der Waals surface area contributed by atoms with E-state index < -0.39 is 20.0 Å². The van der Waals surface area contributed by atoms with Crippen molar-refractivity contribution in [1.29, 1.82) is 0 Å². The Balaban J connectivity index is 3.07. The van der Waals surface area contributed by atoms with Crippen LogP contribution in [-0.2, 0) is 24.8 Å². The molecule has 7 nitrogen and oxygen atoms in total. The van der Waals surface area contributed by atoms with E-state index in [1.54, 1.807) is 0 Å². The summed E-state index contributed by atoms with van der Waals surface area (Å²) in [7, 11) is -6.30. The Kier molecular flexibility index (Phi) is 6.29. The molecule has 0 saturated heterocycles. The summed E-state index contributed by atoms with van der Waals surface area (Å²) in [5.74, 6) is 0. The second kappa shape index (κ2) is 7.32. The highest BCUT2D eigenvalue weighted by Crippen LogP contribution is 2.15. The van der Waals surface area contributed by atoms with Crippen LogP contribution in [0.1, 0.15) is 19.8 Å². The molecule has 0 aliphatic rings. The van der Waals surface area contributed by atoms with E-state index in [1.807, 2.05) is 6.92 Å². The highest BCUT2D eigenvalue weighted by molar-refractivity contribution is 7.90. The smallest absolute Gasteiger partial charge is 0.240 e. The molecule has 1 atom stereocenters. The van der Waals surface area contributed by atoms with E-state index in [1.165, 1.54) is 25.3 Å². The van der Waals surface area contributed by atoms with Crippen LogP contribution in [0.5, 0.6) is 0 Å². The van der Waals surface area contributed by atoms with Gasteiger partial charge in [-0.3, -0.25) is 0 Å². The fourth-order valence-corrected chi connectivity index (χ4v) is 3.77. The number of methoxy groups -OCH3 is 1. The predicted molar refractivity (Wildman–Crippen MR) is 78.7 cm³/mol. The van der Waals surface area contributed by atoms with Crippen molar-refractivity contribution in [2.75, 3.05) is 13.7 Å². The third-order valence-corrected chi connectivity index (χ3v) is 5.20. The van der Waals surface area contributed by atoms with Crippen LogP contribution in [0.2, 0.25) is 0 Å². The molecule has 0 radical (unpaired) electrons. The molecule has 0 fully saturated rings. The van der Waals surface area contributed by atoms with Gasteiger partial charge in [0, 0.05) is 13.2 Å². The lowest BCUT2D eigenvalue weighted by Gasteiger charge is -2.17. The van der Waals surface area contributed by atoms with E-state index in [0.717, 1.165) is 12.5 Å². The van der Waals surface area contributed by atoms with Gasteiger partial charge in [-0.05, 0) is 24.6 Å². The molecule has 21 heavy (non-hydrogen) atoms. The fraction of sp³-hybridized carbons (Fsp3) is 0.500. The number of nitrogens with two attached hydrogens (primary N) is 1. The first kappa shape index (κ1) is 18.1. The van der Waals surface area contributed by atoms with Gasteiger partial charge in [0.25, 0.3) is 0 Å². The molecular weight excluding hydrogens is 316 g/mol. The summed E-state index contributed by atoms with van der Waals surface area (Å²) in [4.78, 5) is -0.393. The zero-order valence-corrected chi connectivity index (χ0v) is 13.6. The average Bonchev–Trinajstić information content (AvgIpc) is 2.38. The van der Waals surface area contributed by atoms with Crippen LogP contribution in [0.4, 0.5) is 0 Å². The van der Waals surface area contributed by atoms with Crippen LogP contribution in [0.25, 0.3) is 0 Å². The van der Waals surface area contributed by atoms with Gasteiger partial charge in [0.15, 0.2) is 0 Å². The molecule has 0 bridgehead atoms. The first-order valence-electron chi connectivity index (χ1n) is 6.35. The minimum absolute atomic E-state index is 0.147. The van der Waals surface area contributed by atoms with Crippen molar-refractivity contribution in [3.8, 4) is 0 Å². The number of nitrogens with one attached hydrogen (secondary N) is 1. The standard InChI is InChI=1S/C12H20N2O5S2/c1-3-5-10(9-19-2)14-21(17,18)12-7-4-6-11(8-12)20(13,15)16/h4,6-8,10,14H,3,5,9H2,1-2H3,(H2,13,15,16). The van der Waals surface area contributed by atoms with E-state index in [9.17, 15) is 16.8 Å². The van der Waals surface area contributed by atoms with Crippen molar-refractivity contribution in [3.63, 3.8) is 0 Å². The summed E-state index contributed by atoms with van der Waals surface area (Å²) in [5.41, 5.74) is 0. The maximum absolute atomic E-state index is 12.3. The molecule has 3 N–H and O–H groups in total. The lowest BCUT2D eigenvalue weighted by Crippen LogP contribution is -2.37. The number of primary sulfonamides is 1. The maximum atomic E-state index is 12.3. The Morgan fingerprint density at radius 1 is 1.24 bits per heavy atom. The van der Waals surface area contributed by atoms with Gasteiger partial charge in [-0.1, -0.05) is 19.4 Å². The molecule has 9 heteroatoms. The van der Waals surface area contributed by atoms with E-state index in [-0.39, 0.29) is 22.4 Å². The summed E-state index contributed by atoms with van der Waals surface area (Å²) in [6.07, 6.45) is 1.40. The third kappa shape index (κ3) is 5.36. The van der Waals surface area contributed by atoms with Crippen molar-refractivity contribution < 1.29 is 21.6 Å². The molecule has 0 aliphatic carbocycles. The Labute approximate surface area is 125 Å². The Bertz CT molecular complexity index is 665. The molecule has 0 aromatic heterocycles. The molecule has 120 valence electrons. The third-order valence-electron chi connectivity index (χ3n) is 2.77. The maximum Gasteiger partial charge on any atom is 0.240 e. The van der Waals surface area contributed by atoms with E-state index in [4.69, 9.17) is 9.88 Å². The Morgan fingerprint density at radius 3 is 2.38 bits per heavy atom. The molecule has 1 aromatic carbocycles. The Morgan fingerprint density at radius 2 is 1.86 bits per heavy atom. The lowest BCUT2D eigenvalue weighted by atomic mass is 10.2. The van der Waals surface area contributed by atoms with Gasteiger partial charge in [-0.25, -0.2) is 26.7 Å². The van der Waals surface area contributed by atoms with Crippen molar-refractivity contribution in [1.82, 2.24) is 4.72 Å². The van der Waals surface area contributed by atoms with Gasteiger partial charge in [0.05, 0.1) is 16.4 Å². The second-order valence-corrected chi connectivity index (χ2v) is 7.86. The predicted octanol–water partition coefficient (Wildman–Crippen LogP) is 0.427. The first-order chi connectivity index (χ1) is 9.70. The van der Waals surface area contributed by atoms with E-state index in [0.29, 0.717) is 6.42 Å². The monoisotopic (exact) mass is 336 g/mol. The molecule has 0 saturated carbocycles. The van der Waals surface area contributed by atoms with Crippen molar-refractivity contribution >= 4 is 20.0 Å². The van der Waals surface area contributed by atoms with Gasteiger partial charge < -0.3 is 4.74 Å². The van der Waals surface area contributed by atoms with E-state index in [2.05, 4.69) is 4.72 Å². The quantitative estimate of drug-likeness (QED) is 0.714. The molecular formula is C12H20N2O5S2. The van der Waals surface area contributed by atoms with Gasteiger partial charge in [0.2, 0.25) is 20.0 Å². The SMILES string of the molecule is CCCC(COC)NS(=O)(=O)c1cccc(S(N)(=O)=O)c1. The molecule has 1 rings (SSSR count). The highest BCUT2D eigenvalue weighted by Gasteiger charge is 2.21. The summed E-state index contributed by atoms with van der Waals surface area (Å²) >= 11 is 0. The number of benzene rings is 1. The minimum atomic E-state index is -3.95. The largest absolute Gasteiger partial charge is 0.383 e. The van der Waals surface area contributed by atoms with Crippen molar-refractivity contribution in [3.05, 3.63) is 24.3 Å². The summed E-state index contributed by atoms with van der Waals surface area (Å²) in [5, 5.41) is 5.00. The molecule has 1 aromatic rings. The van der Waals surface area contributed by atoms with Crippen LogP contribution in [0.15, 0.2) is 34.1 Å². The Hall–Kier alpha value is -1.00.